The number of amides is 1. The quantitative estimate of drug-likeness (QED) is 0.482. The molecule has 4 aromatic rings. The van der Waals surface area contributed by atoms with E-state index >= 15 is 8.78 Å². The van der Waals surface area contributed by atoms with Gasteiger partial charge < -0.3 is 4.90 Å². The molecule has 0 atom stereocenters. The van der Waals surface area contributed by atoms with Crippen LogP contribution in [0.4, 0.5) is 8.78 Å². The zero-order valence-electron chi connectivity index (χ0n) is 17.4. The second-order valence-corrected chi connectivity index (χ2v) is 8.34. The van der Waals surface area contributed by atoms with Crippen LogP contribution in [0.1, 0.15) is 21.6 Å². The Bertz CT molecular complexity index is 1350. The summed E-state index contributed by atoms with van der Waals surface area (Å²) in [6, 6.07) is 11.5. The first kappa shape index (κ1) is 19.5. The molecule has 1 amide bonds. The van der Waals surface area contributed by atoms with Crippen LogP contribution in [0.3, 0.4) is 0 Å². The standard InChI is InChI=1S/C22H18B2F2N4O/c1-29-10-14-7-12(4-5-19(14)28-29)13-8-17(25)16(18(26)9-13)11-30-21(31)15-3-2-6-27-20(15)22(30,23)24/h2-10H,11,23-24H2,1H3. The predicted molar refractivity (Wildman–Crippen MR) is 119 cm³/mol. The molecule has 0 spiro atoms. The molecule has 5 rings (SSSR count). The molecule has 0 bridgehead atoms. The summed E-state index contributed by atoms with van der Waals surface area (Å²) in [5, 5.41) is 4.44. The van der Waals surface area contributed by atoms with Gasteiger partial charge in [-0.3, -0.25) is 14.5 Å². The van der Waals surface area contributed by atoms with Gasteiger partial charge in [-0.25, -0.2) is 8.78 Å². The Morgan fingerprint density at radius 1 is 1.06 bits per heavy atom. The van der Waals surface area contributed by atoms with Crippen molar-refractivity contribution >= 4 is 32.5 Å². The van der Waals surface area contributed by atoms with Crippen molar-refractivity contribution < 1.29 is 13.6 Å². The van der Waals surface area contributed by atoms with Gasteiger partial charge in [-0.05, 0) is 47.5 Å². The zero-order valence-corrected chi connectivity index (χ0v) is 17.4. The second kappa shape index (κ2) is 6.77. The van der Waals surface area contributed by atoms with Gasteiger partial charge >= 0.3 is 0 Å². The van der Waals surface area contributed by atoms with E-state index in [0.29, 0.717) is 22.4 Å². The van der Waals surface area contributed by atoms with Gasteiger partial charge in [-0.2, -0.15) is 5.10 Å². The lowest BCUT2D eigenvalue weighted by Gasteiger charge is -2.32. The van der Waals surface area contributed by atoms with Crippen LogP contribution >= 0.6 is 0 Å². The summed E-state index contributed by atoms with van der Waals surface area (Å²) in [7, 11) is 5.48. The van der Waals surface area contributed by atoms with E-state index < -0.39 is 17.0 Å². The Balaban J connectivity index is 1.51. The molecule has 2 aromatic carbocycles. The van der Waals surface area contributed by atoms with Gasteiger partial charge in [0.1, 0.15) is 27.3 Å². The summed E-state index contributed by atoms with van der Waals surface area (Å²) < 4.78 is 31.8. The molecule has 2 aromatic heterocycles. The molecule has 9 heteroatoms. The maximum absolute atomic E-state index is 15.1. The molecule has 0 aliphatic carbocycles. The van der Waals surface area contributed by atoms with E-state index in [0.717, 1.165) is 10.9 Å². The monoisotopic (exact) mass is 414 g/mol. The van der Waals surface area contributed by atoms with Crippen molar-refractivity contribution in [2.24, 2.45) is 7.05 Å². The number of fused-ring (bicyclic) bond motifs is 2. The van der Waals surface area contributed by atoms with Crippen molar-refractivity contribution in [3.05, 3.63) is 83.3 Å². The zero-order chi connectivity index (χ0) is 21.9. The van der Waals surface area contributed by atoms with Crippen LogP contribution in [0.15, 0.2) is 54.9 Å². The average molecular weight is 414 g/mol. The molecule has 3 heterocycles. The van der Waals surface area contributed by atoms with E-state index in [1.807, 2.05) is 41.1 Å². The number of aryl methyl sites for hydroxylation is 1. The predicted octanol–water partition coefficient (Wildman–Crippen LogP) is 1.95. The minimum Gasteiger partial charge on any atom is -0.339 e. The third kappa shape index (κ3) is 3.03. The van der Waals surface area contributed by atoms with Crippen molar-refractivity contribution in [1.29, 1.82) is 0 Å². The van der Waals surface area contributed by atoms with Gasteiger partial charge in [-0.1, -0.05) is 6.07 Å². The second-order valence-electron chi connectivity index (χ2n) is 8.34. The van der Waals surface area contributed by atoms with Gasteiger partial charge in [-0.15, -0.1) is 0 Å². The lowest BCUT2D eigenvalue weighted by atomic mass is 9.59. The van der Waals surface area contributed by atoms with E-state index in [2.05, 4.69) is 10.1 Å². The highest BCUT2D eigenvalue weighted by Crippen LogP contribution is 2.35. The summed E-state index contributed by atoms with van der Waals surface area (Å²) in [6.07, 6.45) is 3.47. The molecule has 0 saturated heterocycles. The summed E-state index contributed by atoms with van der Waals surface area (Å²) in [5.74, 6) is -1.65. The van der Waals surface area contributed by atoms with Crippen LogP contribution in [-0.4, -0.2) is 41.3 Å². The first-order valence-corrected chi connectivity index (χ1v) is 9.95. The Morgan fingerprint density at radius 2 is 1.81 bits per heavy atom. The fourth-order valence-corrected chi connectivity index (χ4v) is 4.27. The van der Waals surface area contributed by atoms with E-state index in [1.165, 1.54) is 17.0 Å². The number of pyridine rings is 1. The average Bonchev–Trinajstić information content (AvgIpc) is 3.19. The molecule has 5 nitrogen and oxygen atoms in total. The third-order valence-corrected chi connectivity index (χ3v) is 5.95. The number of rotatable bonds is 3. The maximum atomic E-state index is 15.1. The Kier molecular flexibility index (Phi) is 4.25. The highest BCUT2D eigenvalue weighted by Gasteiger charge is 2.44. The van der Waals surface area contributed by atoms with Gasteiger partial charge in [0.15, 0.2) is 0 Å². The van der Waals surface area contributed by atoms with Crippen LogP contribution in [0.25, 0.3) is 22.0 Å². The summed E-state index contributed by atoms with van der Waals surface area (Å²) in [6.45, 7) is -0.179. The highest BCUT2D eigenvalue weighted by molar-refractivity contribution is 6.42. The molecule has 0 saturated carbocycles. The van der Waals surface area contributed by atoms with Gasteiger partial charge in [0, 0.05) is 35.7 Å². The van der Waals surface area contributed by atoms with Crippen molar-refractivity contribution in [2.75, 3.05) is 0 Å². The molecule has 1 aliphatic heterocycles. The largest absolute Gasteiger partial charge is 0.339 e. The maximum Gasteiger partial charge on any atom is 0.255 e. The number of nitrogens with zero attached hydrogens (tertiary/aromatic N) is 4. The minimum absolute atomic E-state index is 0.138. The fraction of sp³-hybridized carbons (Fsp3) is 0.136. The van der Waals surface area contributed by atoms with Gasteiger partial charge in [0.2, 0.25) is 0 Å². The number of halogens is 2. The Morgan fingerprint density at radius 3 is 2.52 bits per heavy atom. The smallest absolute Gasteiger partial charge is 0.255 e. The van der Waals surface area contributed by atoms with Crippen molar-refractivity contribution in [3.63, 3.8) is 0 Å². The van der Waals surface area contributed by atoms with Crippen LogP contribution in [0, 0.1) is 11.6 Å². The molecular formula is C22H18B2F2N4O. The summed E-state index contributed by atoms with van der Waals surface area (Å²) in [4.78, 5) is 18.7. The van der Waals surface area contributed by atoms with Crippen LogP contribution in [0.2, 0.25) is 0 Å². The van der Waals surface area contributed by atoms with E-state index in [1.54, 1.807) is 29.1 Å². The molecule has 1 aliphatic rings. The Labute approximate surface area is 179 Å². The summed E-state index contributed by atoms with van der Waals surface area (Å²) >= 11 is 0. The lowest BCUT2D eigenvalue weighted by molar-refractivity contribution is 0.0727. The minimum atomic E-state index is -0.767. The number of benzene rings is 2. The molecule has 152 valence electrons. The number of carbonyl (C=O) groups excluding carboxylic acids is 1. The number of hydrogen-bond donors (Lipinski definition) is 0. The van der Waals surface area contributed by atoms with Crippen molar-refractivity contribution in [1.82, 2.24) is 19.7 Å². The molecule has 0 N–H and O–H groups in total. The van der Waals surface area contributed by atoms with Crippen LogP contribution in [-0.2, 0) is 18.9 Å². The van der Waals surface area contributed by atoms with Crippen LogP contribution in [0.5, 0.6) is 0 Å². The van der Waals surface area contributed by atoms with Crippen LogP contribution < -0.4 is 0 Å². The van der Waals surface area contributed by atoms with E-state index in [9.17, 15) is 4.79 Å². The third-order valence-electron chi connectivity index (χ3n) is 5.95. The van der Waals surface area contributed by atoms with Gasteiger partial charge in [0.05, 0.1) is 23.3 Å². The number of hydrogen-bond acceptors (Lipinski definition) is 3. The molecule has 0 radical (unpaired) electrons. The van der Waals surface area contributed by atoms with E-state index in [4.69, 9.17) is 0 Å². The SMILES string of the molecule is BC1(B)c2ncccc2C(=O)N1Cc1c(F)cc(-c2ccc3nn(C)cc3c2)cc1F. The normalized spacial score (nSPS) is 14.9. The first-order valence-electron chi connectivity index (χ1n) is 9.95. The van der Waals surface area contributed by atoms with Gasteiger partial charge in [0.25, 0.3) is 5.91 Å². The number of aromatic nitrogens is 3. The molecular weight excluding hydrogens is 396 g/mol. The molecule has 31 heavy (non-hydrogen) atoms. The molecule has 0 fully saturated rings. The lowest BCUT2D eigenvalue weighted by Crippen LogP contribution is -2.45. The van der Waals surface area contributed by atoms with E-state index in [-0.39, 0.29) is 18.0 Å². The first-order chi connectivity index (χ1) is 14.8. The van der Waals surface area contributed by atoms with Crippen molar-refractivity contribution in [3.8, 4) is 11.1 Å². The number of carbonyl (C=O) groups is 1. The van der Waals surface area contributed by atoms with Crippen molar-refractivity contribution in [2.45, 2.75) is 11.9 Å². The summed E-state index contributed by atoms with van der Waals surface area (Å²) in [5.41, 5.74) is 2.88. The fourth-order valence-electron chi connectivity index (χ4n) is 4.27. The topological polar surface area (TPSA) is 51.0 Å². The Hall–Kier alpha value is -3.48. The molecule has 0 unspecified atom stereocenters. The highest BCUT2D eigenvalue weighted by atomic mass is 19.1.